The van der Waals surface area contributed by atoms with Gasteiger partial charge in [0.25, 0.3) is 0 Å². The minimum Gasteiger partial charge on any atom is -0.506 e. The molecule has 0 aliphatic heterocycles. The standard InChI is InChI=1S/C24H39N3O6.C11H14N2O4.C9H11NO3/c1-4-6-7-8-9-10-11-12-13-14-15-32-24(30)33-19-16-20(26-18-31-3)22(28)21(17-19)27-23(29)25-5-2;1-7(14)12-9-6-8(4-5-10(9)15)17-11(16)13(2)3;1-6-3-4-8(11)7(5-6)10-9(12)13-2/h16-18,28H,4-15H2,1-3H3,(H2,25,27,29);4-6,15H,1-3H3,(H,12,14);3-5,11H,1-2H3,(H,10,12). The van der Waals surface area contributed by atoms with E-state index in [1.165, 1.54) is 107 Å². The van der Waals surface area contributed by atoms with Crippen molar-refractivity contribution in [1.82, 2.24) is 10.2 Å². The number of aromatic hydroxyl groups is 3. The molecule has 0 radical (unpaired) electrons. The van der Waals surface area contributed by atoms with Crippen molar-refractivity contribution in [3.05, 3.63) is 54.1 Å². The van der Waals surface area contributed by atoms with E-state index in [0.717, 1.165) is 31.2 Å². The van der Waals surface area contributed by atoms with Crippen LogP contribution >= 0.6 is 0 Å². The minimum absolute atomic E-state index is 0.0241. The van der Waals surface area contributed by atoms with E-state index in [1.54, 1.807) is 33.2 Å². The molecule has 348 valence electrons. The van der Waals surface area contributed by atoms with Crippen molar-refractivity contribution in [1.29, 1.82) is 0 Å². The Balaban J connectivity index is 0.000000545. The van der Waals surface area contributed by atoms with E-state index in [4.69, 9.17) is 18.9 Å². The number of amides is 5. The van der Waals surface area contributed by atoms with Crippen LogP contribution in [0.15, 0.2) is 53.5 Å². The first-order valence-corrected chi connectivity index (χ1v) is 20.5. The molecule has 0 unspecified atom stereocenters. The monoisotopic (exact) mass is 884 g/mol. The summed E-state index contributed by atoms with van der Waals surface area (Å²) in [6.45, 7) is 7.84. The van der Waals surface area contributed by atoms with E-state index in [2.05, 4.69) is 37.9 Å². The molecule has 7 N–H and O–H groups in total. The molecule has 0 spiro atoms. The topological polar surface area (TPSA) is 256 Å². The number of hydrogen-bond acceptors (Lipinski definition) is 14. The number of urea groups is 1. The third-order valence-corrected chi connectivity index (χ3v) is 8.29. The lowest BCUT2D eigenvalue weighted by Gasteiger charge is -2.12. The number of benzene rings is 3. The summed E-state index contributed by atoms with van der Waals surface area (Å²) in [4.78, 5) is 62.0. The van der Waals surface area contributed by atoms with E-state index < -0.39 is 24.4 Å². The van der Waals surface area contributed by atoms with Gasteiger partial charge >= 0.3 is 24.4 Å². The third-order valence-electron chi connectivity index (χ3n) is 8.29. The Bertz CT molecular complexity index is 1920. The third kappa shape index (κ3) is 23.6. The number of anilines is 3. The largest absolute Gasteiger partial charge is 0.513 e. The number of nitrogens with zero attached hydrogens (tertiary/aromatic N) is 2. The normalized spacial score (nSPS) is 10.2. The lowest BCUT2D eigenvalue weighted by molar-refractivity contribution is -0.114. The predicted molar refractivity (Wildman–Crippen MR) is 241 cm³/mol. The van der Waals surface area contributed by atoms with Crippen molar-refractivity contribution in [2.24, 2.45) is 4.99 Å². The lowest BCUT2D eigenvalue weighted by atomic mass is 10.1. The number of nitrogens with one attached hydrogen (secondary N) is 4. The summed E-state index contributed by atoms with van der Waals surface area (Å²) in [5.41, 5.74) is 1.59. The summed E-state index contributed by atoms with van der Waals surface area (Å²) >= 11 is 0. The van der Waals surface area contributed by atoms with E-state index in [1.807, 2.05) is 6.92 Å². The molecule has 19 heteroatoms. The van der Waals surface area contributed by atoms with Gasteiger partial charge in [-0.3, -0.25) is 10.1 Å². The maximum absolute atomic E-state index is 12.0. The number of aliphatic imine (C=N–C) groups is 1. The number of carbonyl (C=O) groups excluding carboxylic acids is 5. The van der Waals surface area contributed by atoms with Crippen molar-refractivity contribution in [2.75, 3.05) is 57.4 Å². The van der Waals surface area contributed by atoms with E-state index in [0.29, 0.717) is 12.2 Å². The van der Waals surface area contributed by atoms with Gasteiger partial charge in [-0.1, -0.05) is 70.8 Å². The number of ether oxygens (including phenoxy) is 5. The van der Waals surface area contributed by atoms with Crippen LogP contribution in [-0.2, 0) is 19.0 Å². The van der Waals surface area contributed by atoms with Crippen LogP contribution in [0.25, 0.3) is 0 Å². The van der Waals surface area contributed by atoms with Crippen LogP contribution in [0.4, 0.5) is 41.9 Å². The number of methoxy groups -OCH3 is 2. The number of phenols is 3. The highest BCUT2D eigenvalue weighted by Gasteiger charge is 2.16. The number of carbonyl (C=O) groups is 5. The Kier molecular flexibility index (Phi) is 26.6. The first kappa shape index (κ1) is 54.1. The number of rotatable bonds is 19. The highest BCUT2D eigenvalue weighted by atomic mass is 16.7. The van der Waals surface area contributed by atoms with Crippen LogP contribution in [-0.4, -0.2) is 98.4 Å². The molecule has 5 amide bonds. The second-order valence-corrected chi connectivity index (χ2v) is 13.9. The fourth-order valence-corrected chi connectivity index (χ4v) is 5.12. The molecule has 0 aliphatic carbocycles. The predicted octanol–water partition coefficient (Wildman–Crippen LogP) is 9.57. The van der Waals surface area contributed by atoms with E-state index in [-0.39, 0.29) is 58.3 Å². The van der Waals surface area contributed by atoms with Gasteiger partial charge in [0.05, 0.1) is 37.9 Å². The Hall–Kier alpha value is -6.92. The summed E-state index contributed by atoms with van der Waals surface area (Å²) in [7, 11) is 5.77. The second-order valence-electron chi connectivity index (χ2n) is 13.9. The average Bonchev–Trinajstić information content (AvgIpc) is 3.23. The maximum Gasteiger partial charge on any atom is 0.513 e. The molecule has 0 aromatic heterocycles. The second kappa shape index (κ2) is 31.0. The van der Waals surface area contributed by atoms with Crippen molar-refractivity contribution in [3.8, 4) is 28.7 Å². The molecule has 3 aromatic rings. The maximum atomic E-state index is 12.0. The van der Waals surface area contributed by atoms with Crippen LogP contribution < -0.4 is 30.7 Å². The molecule has 0 saturated carbocycles. The molecule has 0 aliphatic rings. The van der Waals surface area contributed by atoms with Crippen LogP contribution in [0.5, 0.6) is 28.7 Å². The first-order chi connectivity index (χ1) is 30.0. The van der Waals surface area contributed by atoms with Crippen LogP contribution in [0.1, 0.15) is 90.5 Å². The average molecular weight is 885 g/mol. The Morgan fingerprint density at radius 1 is 0.714 bits per heavy atom. The Morgan fingerprint density at radius 3 is 1.87 bits per heavy atom. The smallest absolute Gasteiger partial charge is 0.506 e. The molecular formula is C44H64N6O13. The summed E-state index contributed by atoms with van der Waals surface area (Å²) in [6.07, 6.45) is 11.0. The summed E-state index contributed by atoms with van der Waals surface area (Å²) < 4.78 is 24.5. The molecule has 0 bridgehead atoms. The van der Waals surface area contributed by atoms with Crippen LogP contribution in [0.3, 0.4) is 0 Å². The van der Waals surface area contributed by atoms with Gasteiger partial charge in [-0.2, -0.15) is 0 Å². The molecule has 0 saturated heterocycles. The quantitative estimate of drug-likeness (QED) is 0.0148. The molecule has 63 heavy (non-hydrogen) atoms. The highest BCUT2D eigenvalue weighted by Crippen LogP contribution is 2.39. The molecule has 0 atom stereocenters. The zero-order valence-electron chi connectivity index (χ0n) is 37.5. The van der Waals surface area contributed by atoms with Gasteiger partial charge in [0.2, 0.25) is 5.91 Å². The highest BCUT2D eigenvalue weighted by molar-refractivity contribution is 5.93. The minimum atomic E-state index is -0.859. The molecular weight excluding hydrogens is 821 g/mol. The first-order valence-electron chi connectivity index (χ1n) is 20.5. The summed E-state index contributed by atoms with van der Waals surface area (Å²) in [5, 5.41) is 38.9. The molecule has 19 nitrogen and oxygen atoms in total. The van der Waals surface area contributed by atoms with E-state index in [9.17, 15) is 39.3 Å². The summed E-state index contributed by atoms with van der Waals surface area (Å²) in [6, 6.07) is 11.2. The van der Waals surface area contributed by atoms with Gasteiger partial charge in [-0.25, -0.2) is 24.2 Å². The number of hydrogen-bond donors (Lipinski definition) is 7. The van der Waals surface area contributed by atoms with Gasteiger partial charge in [-0.05, 0) is 50.1 Å². The van der Waals surface area contributed by atoms with Crippen molar-refractivity contribution in [2.45, 2.75) is 91.9 Å². The zero-order chi connectivity index (χ0) is 47.2. The van der Waals surface area contributed by atoms with Crippen molar-refractivity contribution < 1.29 is 63.0 Å². The molecule has 3 rings (SSSR count). The summed E-state index contributed by atoms with van der Waals surface area (Å²) in [5.74, 6) is -0.376. The van der Waals surface area contributed by atoms with Gasteiger partial charge in [0.1, 0.15) is 28.7 Å². The molecule has 0 fully saturated rings. The number of phenolic OH excluding ortho intramolecular Hbond substituents is 3. The fraction of sp³-hybridized carbons (Fsp3) is 0.455. The van der Waals surface area contributed by atoms with Crippen LogP contribution in [0.2, 0.25) is 0 Å². The van der Waals surface area contributed by atoms with E-state index >= 15 is 0 Å². The van der Waals surface area contributed by atoms with Gasteiger partial charge in [-0.15, -0.1) is 0 Å². The lowest BCUT2D eigenvalue weighted by Crippen LogP contribution is -2.28. The van der Waals surface area contributed by atoms with Crippen LogP contribution in [0, 0.1) is 6.92 Å². The van der Waals surface area contributed by atoms with Gasteiger partial charge in [0.15, 0.2) is 12.2 Å². The SMILES string of the molecule is CC(=O)Nc1cc(OC(=O)N(C)C)ccc1O.CCCCCCCCCCCCOC(=O)Oc1cc(N=COC)c(O)c(NC(=O)NCC)c1.COC(=O)Nc1cc(C)ccc1O. The molecule has 0 heterocycles. The van der Waals surface area contributed by atoms with Crippen molar-refractivity contribution >= 4 is 59.4 Å². The Morgan fingerprint density at radius 2 is 1.30 bits per heavy atom. The Labute approximate surface area is 369 Å². The molecule has 3 aromatic carbocycles. The number of unbranched alkanes of at least 4 members (excludes halogenated alkanes) is 9. The number of aryl methyl sites for hydroxylation is 1. The fourth-order valence-electron chi connectivity index (χ4n) is 5.12. The van der Waals surface area contributed by atoms with Gasteiger partial charge < -0.3 is 59.9 Å². The zero-order valence-corrected chi connectivity index (χ0v) is 37.5. The van der Waals surface area contributed by atoms with Crippen molar-refractivity contribution in [3.63, 3.8) is 0 Å². The van der Waals surface area contributed by atoms with Gasteiger partial charge in [0, 0.05) is 45.8 Å².